The predicted molar refractivity (Wildman–Crippen MR) is 86.0 cm³/mol. The number of carbonyl (C=O) groups excluding carboxylic acids is 1. The first-order valence-electron chi connectivity index (χ1n) is 7.89. The van der Waals surface area contributed by atoms with Crippen LogP contribution in [0.1, 0.15) is 50.7 Å². The number of carbonyl (C=O) groups is 1. The molecule has 0 unspecified atom stereocenters. The van der Waals surface area contributed by atoms with Gasteiger partial charge in [0.15, 0.2) is 0 Å². The molecule has 24 heavy (non-hydrogen) atoms. The fourth-order valence-electron chi connectivity index (χ4n) is 2.31. The van der Waals surface area contributed by atoms with E-state index >= 15 is 0 Å². The molecule has 1 aromatic rings. The lowest BCUT2D eigenvalue weighted by molar-refractivity contribution is -0.173. The normalized spacial score (nSPS) is 11.6. The van der Waals surface area contributed by atoms with Crippen molar-refractivity contribution in [2.45, 2.75) is 57.9 Å². The Bertz CT molecular complexity index is 609. The van der Waals surface area contributed by atoms with Crippen LogP contribution in [-0.4, -0.2) is 22.8 Å². The van der Waals surface area contributed by atoms with Gasteiger partial charge in [0, 0.05) is 12.1 Å². The molecule has 2 N–H and O–H groups in total. The smallest absolute Gasteiger partial charge is 0.378 e. The number of hydrogen-bond donors (Lipinski definition) is 2. The summed E-state index contributed by atoms with van der Waals surface area (Å²) in [5.41, 5.74) is 0.0394. The minimum Gasteiger partial charge on any atom is -0.378 e. The summed E-state index contributed by atoms with van der Waals surface area (Å²) in [4.78, 5) is 10.8. The number of alkyl halides is 3. The van der Waals surface area contributed by atoms with Crippen molar-refractivity contribution in [2.75, 3.05) is 0 Å². The highest BCUT2D eigenvalue weighted by Gasteiger charge is 2.38. The van der Waals surface area contributed by atoms with Gasteiger partial charge in [-0.05, 0) is 30.5 Å². The minimum atomic E-state index is -4.89. The zero-order chi connectivity index (χ0) is 18.2. The fraction of sp³-hybridized carbons (Fsp3) is 0.500. The standard InChI is InChI=1S/C18H22F3NO2/c1-3-9-17(24,10-4-2)11-8-14-6-5-7-15(12-14)13-22-16(23)18(19,20)21/h5-7,12,24H,3-4,9-10,13H2,1-2H3,(H,22,23). The van der Waals surface area contributed by atoms with Crippen molar-refractivity contribution in [1.82, 2.24) is 5.32 Å². The van der Waals surface area contributed by atoms with Crippen LogP contribution >= 0.6 is 0 Å². The molecule has 0 spiro atoms. The molecule has 0 aromatic heterocycles. The van der Waals surface area contributed by atoms with Crippen LogP contribution in [0.15, 0.2) is 24.3 Å². The lowest BCUT2D eigenvalue weighted by Crippen LogP contribution is -2.36. The van der Waals surface area contributed by atoms with E-state index in [-0.39, 0.29) is 6.54 Å². The number of nitrogens with one attached hydrogen (secondary N) is 1. The third-order valence-electron chi connectivity index (χ3n) is 3.40. The Morgan fingerprint density at radius 3 is 2.38 bits per heavy atom. The van der Waals surface area contributed by atoms with Gasteiger partial charge in [0.2, 0.25) is 0 Å². The van der Waals surface area contributed by atoms with E-state index in [9.17, 15) is 23.1 Å². The molecule has 1 rings (SSSR count). The molecule has 0 radical (unpaired) electrons. The van der Waals surface area contributed by atoms with Crippen molar-refractivity contribution in [3.8, 4) is 11.8 Å². The highest BCUT2D eigenvalue weighted by molar-refractivity contribution is 5.81. The molecule has 0 saturated heterocycles. The first-order valence-corrected chi connectivity index (χ1v) is 7.89. The summed E-state index contributed by atoms with van der Waals surface area (Å²) in [6, 6.07) is 6.56. The molecule has 0 aliphatic rings. The second-order valence-electron chi connectivity index (χ2n) is 5.66. The van der Waals surface area contributed by atoms with E-state index in [1.54, 1.807) is 24.3 Å². The van der Waals surface area contributed by atoms with Gasteiger partial charge in [-0.1, -0.05) is 50.7 Å². The van der Waals surface area contributed by atoms with Crippen molar-refractivity contribution in [3.05, 3.63) is 35.4 Å². The fourth-order valence-corrected chi connectivity index (χ4v) is 2.31. The predicted octanol–water partition coefficient (Wildman–Crippen LogP) is 3.55. The Labute approximate surface area is 140 Å². The maximum absolute atomic E-state index is 12.2. The van der Waals surface area contributed by atoms with Crippen LogP contribution in [-0.2, 0) is 11.3 Å². The molecule has 0 aliphatic heterocycles. The van der Waals surface area contributed by atoms with Gasteiger partial charge in [0.1, 0.15) is 5.60 Å². The van der Waals surface area contributed by atoms with Gasteiger partial charge in [0.25, 0.3) is 0 Å². The minimum absolute atomic E-state index is 0.234. The molecule has 1 aromatic carbocycles. The van der Waals surface area contributed by atoms with E-state index in [0.717, 1.165) is 12.8 Å². The summed E-state index contributed by atoms with van der Waals surface area (Å²) in [7, 11) is 0. The zero-order valence-corrected chi connectivity index (χ0v) is 13.8. The molecule has 0 bridgehead atoms. The molecule has 6 heteroatoms. The number of rotatable bonds is 6. The zero-order valence-electron chi connectivity index (χ0n) is 13.8. The number of halogens is 3. The maximum atomic E-state index is 12.2. The van der Waals surface area contributed by atoms with E-state index in [1.165, 1.54) is 0 Å². The lowest BCUT2D eigenvalue weighted by atomic mass is 9.93. The molecule has 1 amide bonds. The van der Waals surface area contributed by atoms with Crippen molar-refractivity contribution in [2.24, 2.45) is 0 Å². The number of amides is 1. The molecule has 0 saturated carbocycles. The van der Waals surface area contributed by atoms with E-state index in [4.69, 9.17) is 0 Å². The Morgan fingerprint density at radius 2 is 1.83 bits per heavy atom. The summed E-state index contributed by atoms with van der Waals surface area (Å²) in [5.74, 6) is 3.77. The van der Waals surface area contributed by atoms with Crippen LogP contribution in [0.3, 0.4) is 0 Å². The van der Waals surface area contributed by atoms with Crippen LogP contribution in [0, 0.1) is 11.8 Å². The highest BCUT2D eigenvalue weighted by atomic mass is 19.4. The SMILES string of the molecule is CCCC(O)(C#Cc1cccc(CNC(=O)C(F)(F)F)c1)CCC. The van der Waals surface area contributed by atoms with Crippen LogP contribution in [0.2, 0.25) is 0 Å². The first kappa shape index (κ1) is 20.0. The van der Waals surface area contributed by atoms with Crippen LogP contribution in [0.5, 0.6) is 0 Å². The molecule has 0 aliphatic carbocycles. The van der Waals surface area contributed by atoms with E-state index in [1.807, 2.05) is 19.2 Å². The molecular formula is C18H22F3NO2. The Hall–Kier alpha value is -2.00. The van der Waals surface area contributed by atoms with E-state index in [2.05, 4.69) is 11.8 Å². The molecule has 0 heterocycles. The van der Waals surface area contributed by atoms with Crippen LogP contribution < -0.4 is 5.32 Å². The summed E-state index contributed by atoms with van der Waals surface area (Å²) < 4.78 is 36.5. The summed E-state index contributed by atoms with van der Waals surface area (Å²) in [6.45, 7) is 3.70. The van der Waals surface area contributed by atoms with Gasteiger partial charge in [-0.2, -0.15) is 13.2 Å². The monoisotopic (exact) mass is 341 g/mol. The third kappa shape index (κ3) is 6.63. The van der Waals surface area contributed by atoms with E-state index in [0.29, 0.717) is 24.0 Å². The first-order chi connectivity index (χ1) is 11.2. The number of aliphatic hydroxyl groups is 1. The molecular weight excluding hydrogens is 319 g/mol. The summed E-state index contributed by atoms with van der Waals surface area (Å²) in [5, 5.41) is 12.3. The van der Waals surface area contributed by atoms with Crippen LogP contribution in [0.4, 0.5) is 13.2 Å². The quantitative estimate of drug-likeness (QED) is 0.778. The third-order valence-corrected chi connectivity index (χ3v) is 3.40. The van der Waals surface area contributed by atoms with Crippen molar-refractivity contribution in [1.29, 1.82) is 0 Å². The number of hydrogen-bond acceptors (Lipinski definition) is 2. The van der Waals surface area contributed by atoms with Gasteiger partial charge >= 0.3 is 12.1 Å². The Kier molecular flexibility index (Phi) is 7.30. The van der Waals surface area contributed by atoms with Gasteiger partial charge in [-0.15, -0.1) is 0 Å². The second-order valence-corrected chi connectivity index (χ2v) is 5.66. The average Bonchev–Trinajstić information content (AvgIpc) is 2.51. The average molecular weight is 341 g/mol. The highest BCUT2D eigenvalue weighted by Crippen LogP contribution is 2.19. The summed E-state index contributed by atoms with van der Waals surface area (Å²) in [6.07, 6.45) is -2.16. The maximum Gasteiger partial charge on any atom is 0.471 e. The van der Waals surface area contributed by atoms with Gasteiger partial charge in [-0.3, -0.25) is 4.79 Å². The molecule has 0 fully saturated rings. The number of benzene rings is 1. The van der Waals surface area contributed by atoms with E-state index < -0.39 is 17.7 Å². The largest absolute Gasteiger partial charge is 0.471 e. The summed E-state index contributed by atoms with van der Waals surface area (Å²) >= 11 is 0. The second kappa shape index (κ2) is 8.74. The van der Waals surface area contributed by atoms with Crippen molar-refractivity contribution < 1.29 is 23.1 Å². The Balaban J connectivity index is 2.82. The molecule has 132 valence electrons. The van der Waals surface area contributed by atoms with Crippen molar-refractivity contribution >= 4 is 5.91 Å². The topological polar surface area (TPSA) is 49.3 Å². The molecule has 0 atom stereocenters. The van der Waals surface area contributed by atoms with Crippen molar-refractivity contribution in [3.63, 3.8) is 0 Å². The molecule has 3 nitrogen and oxygen atoms in total. The van der Waals surface area contributed by atoms with Gasteiger partial charge in [0.05, 0.1) is 0 Å². The lowest BCUT2D eigenvalue weighted by Gasteiger charge is -2.20. The van der Waals surface area contributed by atoms with Gasteiger partial charge in [-0.25, -0.2) is 0 Å². The van der Waals surface area contributed by atoms with Crippen LogP contribution in [0.25, 0.3) is 0 Å². The Morgan fingerprint density at radius 1 is 1.21 bits per heavy atom. The van der Waals surface area contributed by atoms with Gasteiger partial charge < -0.3 is 10.4 Å².